The van der Waals surface area contributed by atoms with E-state index in [2.05, 4.69) is 45.8 Å². The van der Waals surface area contributed by atoms with Crippen molar-refractivity contribution in [2.75, 3.05) is 13.2 Å². The number of rotatable bonds is 6. The molecule has 5 nitrogen and oxygen atoms in total. The van der Waals surface area contributed by atoms with Crippen LogP contribution in [0.15, 0.2) is 34.9 Å². The molecule has 2 aromatic rings. The third kappa shape index (κ3) is 4.15. The first-order chi connectivity index (χ1) is 12.8. The van der Waals surface area contributed by atoms with Gasteiger partial charge in [-0.05, 0) is 56.4 Å². The van der Waals surface area contributed by atoms with Crippen molar-refractivity contribution in [3.05, 3.63) is 47.6 Å². The molecule has 0 spiro atoms. The van der Waals surface area contributed by atoms with Crippen molar-refractivity contribution in [1.82, 2.24) is 15.5 Å². The van der Waals surface area contributed by atoms with Gasteiger partial charge >= 0.3 is 0 Å². The van der Waals surface area contributed by atoms with Crippen LogP contribution in [0.3, 0.4) is 0 Å². The monoisotopic (exact) mass is 355 g/mol. The molecule has 0 amide bonds. The molecule has 3 atom stereocenters. The first-order valence-corrected chi connectivity index (χ1v) is 9.97. The van der Waals surface area contributed by atoms with Crippen LogP contribution in [0.5, 0.6) is 0 Å². The van der Waals surface area contributed by atoms with Crippen LogP contribution < -0.4 is 5.32 Å². The zero-order valence-corrected chi connectivity index (χ0v) is 15.6. The lowest BCUT2D eigenvalue weighted by molar-refractivity contribution is 0.0457. The molecule has 0 radical (unpaired) electrons. The summed E-state index contributed by atoms with van der Waals surface area (Å²) in [6.45, 7) is 3.55. The largest absolute Gasteiger partial charge is 0.381 e. The number of aromatic nitrogens is 2. The van der Waals surface area contributed by atoms with Crippen molar-refractivity contribution in [3.63, 3.8) is 0 Å². The molecular formula is C21H29N3O2. The lowest BCUT2D eigenvalue weighted by Gasteiger charge is -2.32. The molecule has 1 N–H and O–H groups in total. The van der Waals surface area contributed by atoms with E-state index >= 15 is 0 Å². The van der Waals surface area contributed by atoms with Crippen LogP contribution in [0.4, 0.5) is 0 Å². The Morgan fingerprint density at radius 1 is 1.12 bits per heavy atom. The summed E-state index contributed by atoms with van der Waals surface area (Å²) in [7, 11) is 0. The summed E-state index contributed by atoms with van der Waals surface area (Å²) >= 11 is 0. The van der Waals surface area contributed by atoms with Crippen LogP contribution in [0, 0.1) is 18.8 Å². The van der Waals surface area contributed by atoms with E-state index < -0.39 is 0 Å². The van der Waals surface area contributed by atoms with Crippen LogP contribution in [-0.2, 0) is 11.2 Å². The van der Waals surface area contributed by atoms with Gasteiger partial charge in [0, 0.05) is 19.3 Å². The SMILES string of the molecule is Cc1noc([C@H](N[C@H]2CCC[C@H]2Cc2ccccc2)C2CCOCC2)n1. The van der Waals surface area contributed by atoms with Crippen molar-refractivity contribution in [2.24, 2.45) is 11.8 Å². The number of nitrogens with one attached hydrogen (secondary N) is 1. The van der Waals surface area contributed by atoms with Crippen molar-refractivity contribution < 1.29 is 9.26 Å². The maximum Gasteiger partial charge on any atom is 0.244 e. The first-order valence-electron chi connectivity index (χ1n) is 9.97. The second-order valence-electron chi connectivity index (χ2n) is 7.76. The molecule has 5 heteroatoms. The van der Waals surface area contributed by atoms with E-state index in [-0.39, 0.29) is 6.04 Å². The zero-order valence-electron chi connectivity index (χ0n) is 15.6. The Hall–Kier alpha value is -1.72. The summed E-state index contributed by atoms with van der Waals surface area (Å²) < 4.78 is 11.1. The predicted octanol–water partition coefficient (Wildman–Crippen LogP) is 3.85. The molecule has 1 aromatic heterocycles. The zero-order chi connectivity index (χ0) is 17.8. The number of nitrogens with zero attached hydrogens (tertiary/aromatic N) is 2. The van der Waals surface area contributed by atoms with Crippen LogP contribution >= 0.6 is 0 Å². The lowest BCUT2D eigenvalue weighted by Crippen LogP contribution is -2.41. The highest BCUT2D eigenvalue weighted by molar-refractivity contribution is 5.16. The van der Waals surface area contributed by atoms with Crippen molar-refractivity contribution >= 4 is 0 Å². The fourth-order valence-electron chi connectivity index (χ4n) is 4.55. The molecule has 4 rings (SSSR count). The second-order valence-corrected chi connectivity index (χ2v) is 7.76. The second kappa shape index (κ2) is 8.31. The minimum absolute atomic E-state index is 0.140. The number of hydrogen-bond donors (Lipinski definition) is 1. The van der Waals surface area contributed by atoms with Crippen molar-refractivity contribution in [2.45, 2.75) is 57.5 Å². The highest BCUT2D eigenvalue weighted by atomic mass is 16.5. The van der Waals surface area contributed by atoms with Gasteiger partial charge in [0.1, 0.15) is 0 Å². The molecule has 140 valence electrons. The molecule has 1 aliphatic heterocycles. The topological polar surface area (TPSA) is 60.2 Å². The van der Waals surface area contributed by atoms with E-state index in [1.807, 2.05) is 6.92 Å². The van der Waals surface area contributed by atoms with Gasteiger partial charge in [0.25, 0.3) is 0 Å². The Kier molecular flexibility index (Phi) is 5.65. The first kappa shape index (κ1) is 17.7. The predicted molar refractivity (Wildman–Crippen MR) is 99.7 cm³/mol. The highest BCUT2D eigenvalue weighted by Gasteiger charge is 2.35. The Labute approximate surface area is 155 Å². The van der Waals surface area contributed by atoms with Gasteiger partial charge < -0.3 is 14.6 Å². The quantitative estimate of drug-likeness (QED) is 0.853. The molecule has 2 aliphatic rings. The summed E-state index contributed by atoms with van der Waals surface area (Å²) in [6, 6.07) is 11.5. The third-order valence-electron chi connectivity index (χ3n) is 5.94. The average Bonchev–Trinajstić information content (AvgIpc) is 3.30. The molecule has 0 unspecified atom stereocenters. The van der Waals surface area contributed by atoms with E-state index in [0.717, 1.165) is 38.4 Å². The van der Waals surface area contributed by atoms with Gasteiger partial charge in [-0.15, -0.1) is 0 Å². The minimum Gasteiger partial charge on any atom is -0.381 e. The molecule has 0 bridgehead atoms. The fourth-order valence-corrected chi connectivity index (χ4v) is 4.55. The smallest absolute Gasteiger partial charge is 0.244 e. The van der Waals surface area contributed by atoms with E-state index in [9.17, 15) is 0 Å². The Bertz CT molecular complexity index is 682. The number of ether oxygens (including phenoxy) is 1. The van der Waals surface area contributed by atoms with Gasteiger partial charge in [-0.1, -0.05) is 41.9 Å². The minimum atomic E-state index is 0.140. The standard InChI is InChI=1S/C21H29N3O2/c1-15-22-21(26-24-15)20(17-10-12-25-13-11-17)23-19-9-5-8-18(19)14-16-6-3-2-4-7-16/h2-4,6-7,17-20,23H,5,8-14H2,1H3/t18-,19-,20+/m0/s1. The summed E-state index contributed by atoms with van der Waals surface area (Å²) in [4.78, 5) is 4.56. The van der Waals surface area contributed by atoms with Gasteiger partial charge in [-0.2, -0.15) is 4.98 Å². The van der Waals surface area contributed by atoms with Gasteiger partial charge in [-0.25, -0.2) is 0 Å². The number of hydrogen-bond acceptors (Lipinski definition) is 5. The lowest BCUT2D eigenvalue weighted by atomic mass is 9.88. The van der Waals surface area contributed by atoms with E-state index in [0.29, 0.717) is 23.7 Å². The average molecular weight is 355 g/mol. The molecule has 26 heavy (non-hydrogen) atoms. The molecule has 1 aromatic carbocycles. The van der Waals surface area contributed by atoms with Crippen molar-refractivity contribution in [3.8, 4) is 0 Å². The van der Waals surface area contributed by atoms with Gasteiger partial charge in [0.2, 0.25) is 5.89 Å². The molecule has 2 heterocycles. The molecule has 1 saturated heterocycles. The van der Waals surface area contributed by atoms with Crippen LogP contribution in [0.1, 0.15) is 55.4 Å². The summed E-state index contributed by atoms with van der Waals surface area (Å²) in [5, 5.41) is 7.97. The van der Waals surface area contributed by atoms with E-state index in [4.69, 9.17) is 9.26 Å². The molecule has 1 aliphatic carbocycles. The summed E-state index contributed by atoms with van der Waals surface area (Å²) in [5.74, 6) is 2.64. The van der Waals surface area contributed by atoms with E-state index in [1.165, 1.54) is 24.8 Å². The van der Waals surface area contributed by atoms with Crippen LogP contribution in [0.25, 0.3) is 0 Å². The van der Waals surface area contributed by atoms with Gasteiger partial charge in [0.15, 0.2) is 5.82 Å². The maximum atomic E-state index is 5.58. The Morgan fingerprint density at radius 3 is 2.65 bits per heavy atom. The third-order valence-corrected chi connectivity index (χ3v) is 5.94. The van der Waals surface area contributed by atoms with Crippen LogP contribution in [0.2, 0.25) is 0 Å². The Morgan fingerprint density at radius 2 is 1.92 bits per heavy atom. The molecular weight excluding hydrogens is 326 g/mol. The van der Waals surface area contributed by atoms with Crippen LogP contribution in [-0.4, -0.2) is 29.4 Å². The molecule has 2 fully saturated rings. The van der Waals surface area contributed by atoms with Gasteiger partial charge in [-0.3, -0.25) is 0 Å². The summed E-state index contributed by atoms with van der Waals surface area (Å²) in [6.07, 6.45) is 7.05. The molecule has 1 saturated carbocycles. The van der Waals surface area contributed by atoms with Crippen molar-refractivity contribution in [1.29, 1.82) is 0 Å². The summed E-state index contributed by atoms with van der Waals surface area (Å²) in [5.41, 5.74) is 1.43. The fraction of sp³-hybridized carbons (Fsp3) is 0.619. The van der Waals surface area contributed by atoms with E-state index in [1.54, 1.807) is 0 Å². The maximum absolute atomic E-state index is 5.58. The number of benzene rings is 1. The number of aryl methyl sites for hydroxylation is 1. The highest BCUT2D eigenvalue weighted by Crippen LogP contribution is 2.35. The van der Waals surface area contributed by atoms with Gasteiger partial charge in [0.05, 0.1) is 6.04 Å². The normalized spacial score (nSPS) is 25.4. The Balaban J connectivity index is 1.48.